The Kier molecular flexibility index (Phi) is 4.41. The molecule has 0 aliphatic carbocycles. The van der Waals surface area contributed by atoms with Gasteiger partial charge in [-0.2, -0.15) is 0 Å². The van der Waals surface area contributed by atoms with E-state index in [4.69, 9.17) is 16.3 Å². The lowest BCUT2D eigenvalue weighted by Crippen LogP contribution is -2.46. The summed E-state index contributed by atoms with van der Waals surface area (Å²) in [5.74, 6) is -0.0480. The van der Waals surface area contributed by atoms with Crippen LogP contribution in [0.2, 0.25) is 5.15 Å². The van der Waals surface area contributed by atoms with E-state index in [1.165, 1.54) is 6.20 Å². The summed E-state index contributed by atoms with van der Waals surface area (Å²) in [5.41, 5.74) is 1.61. The molecule has 2 aromatic rings. The van der Waals surface area contributed by atoms with Gasteiger partial charge in [0.25, 0.3) is 5.91 Å². The zero-order valence-electron chi connectivity index (χ0n) is 12.3. The van der Waals surface area contributed by atoms with Crippen molar-refractivity contribution in [3.05, 3.63) is 64.9 Å². The molecule has 4 nitrogen and oxygen atoms in total. The topological polar surface area (TPSA) is 42.4 Å². The molecule has 2 atom stereocenters. The number of rotatable bonds is 2. The number of nitrogens with zero attached hydrogens (tertiary/aromatic N) is 2. The third-order valence-electron chi connectivity index (χ3n) is 3.79. The van der Waals surface area contributed by atoms with E-state index >= 15 is 0 Å². The lowest BCUT2D eigenvalue weighted by Gasteiger charge is -2.39. The third-order valence-corrected chi connectivity index (χ3v) is 4.01. The highest BCUT2D eigenvalue weighted by Gasteiger charge is 2.32. The van der Waals surface area contributed by atoms with E-state index in [9.17, 15) is 4.79 Å². The highest BCUT2D eigenvalue weighted by molar-refractivity contribution is 6.29. The number of carbonyl (C=O) groups excluding carboxylic acids is 1. The average molecular weight is 317 g/mol. The van der Waals surface area contributed by atoms with Crippen LogP contribution in [0.25, 0.3) is 0 Å². The molecule has 0 saturated carbocycles. The molecule has 0 radical (unpaired) electrons. The van der Waals surface area contributed by atoms with Gasteiger partial charge in [0.1, 0.15) is 5.15 Å². The zero-order valence-corrected chi connectivity index (χ0v) is 13.0. The van der Waals surface area contributed by atoms with Crippen LogP contribution in [0.3, 0.4) is 0 Å². The summed E-state index contributed by atoms with van der Waals surface area (Å²) in [6, 6.07) is 13.2. The maximum atomic E-state index is 12.8. The number of aromatic nitrogens is 1. The molecule has 0 spiro atoms. The van der Waals surface area contributed by atoms with Crippen LogP contribution < -0.4 is 0 Å². The van der Waals surface area contributed by atoms with Crippen molar-refractivity contribution < 1.29 is 9.53 Å². The van der Waals surface area contributed by atoms with E-state index in [-0.39, 0.29) is 18.1 Å². The van der Waals surface area contributed by atoms with Gasteiger partial charge in [-0.25, -0.2) is 4.98 Å². The Morgan fingerprint density at radius 2 is 2.05 bits per heavy atom. The second-order valence-corrected chi connectivity index (χ2v) is 5.78. The molecule has 1 aliphatic heterocycles. The summed E-state index contributed by atoms with van der Waals surface area (Å²) >= 11 is 5.79. The van der Waals surface area contributed by atoms with Crippen LogP contribution in [-0.2, 0) is 4.74 Å². The molecule has 1 saturated heterocycles. The second kappa shape index (κ2) is 6.46. The number of morpholine rings is 1. The molecule has 3 rings (SSSR count). The van der Waals surface area contributed by atoms with Crippen LogP contribution in [-0.4, -0.2) is 35.0 Å². The van der Waals surface area contributed by atoms with Crippen LogP contribution in [0.5, 0.6) is 0 Å². The molecule has 22 heavy (non-hydrogen) atoms. The van der Waals surface area contributed by atoms with Crippen LogP contribution in [0.1, 0.15) is 28.9 Å². The van der Waals surface area contributed by atoms with E-state index in [0.717, 1.165) is 5.56 Å². The largest absolute Gasteiger partial charge is 0.374 e. The minimum atomic E-state index is -0.0828. The van der Waals surface area contributed by atoms with E-state index in [2.05, 4.69) is 4.98 Å². The maximum Gasteiger partial charge on any atom is 0.256 e. The summed E-state index contributed by atoms with van der Waals surface area (Å²) in [7, 11) is 0. The molecule has 2 heterocycles. The van der Waals surface area contributed by atoms with Crippen molar-refractivity contribution in [1.29, 1.82) is 0 Å². The predicted molar refractivity (Wildman–Crippen MR) is 84.9 cm³/mol. The number of carbonyl (C=O) groups is 1. The molecule has 1 amide bonds. The van der Waals surface area contributed by atoms with E-state index in [1.54, 1.807) is 12.1 Å². The number of hydrogen-bond donors (Lipinski definition) is 0. The van der Waals surface area contributed by atoms with Gasteiger partial charge in [0.15, 0.2) is 0 Å². The SMILES string of the molecule is C[C@@H]1CN(C(=O)c2ccc(Cl)nc2)[C@@H](c2ccccc2)CO1. The quantitative estimate of drug-likeness (QED) is 0.798. The zero-order chi connectivity index (χ0) is 15.5. The van der Waals surface area contributed by atoms with Gasteiger partial charge in [-0.05, 0) is 24.6 Å². The van der Waals surface area contributed by atoms with E-state index < -0.39 is 0 Å². The molecule has 5 heteroatoms. The molecule has 0 N–H and O–H groups in total. The standard InChI is InChI=1S/C17H17ClN2O2/c1-12-10-20(17(21)14-7-8-16(18)19-9-14)15(11-22-12)13-5-3-2-4-6-13/h2-9,12,15H,10-11H2,1H3/t12-,15-/m1/s1. The Labute approximate surface area is 134 Å². The Bertz CT molecular complexity index is 645. The summed E-state index contributed by atoms with van der Waals surface area (Å²) in [5, 5.41) is 0.381. The number of halogens is 1. The average Bonchev–Trinajstić information content (AvgIpc) is 2.55. The van der Waals surface area contributed by atoms with Crippen molar-refractivity contribution in [3.63, 3.8) is 0 Å². The first-order valence-corrected chi connectivity index (χ1v) is 7.62. The first-order valence-electron chi connectivity index (χ1n) is 7.24. The van der Waals surface area contributed by atoms with Gasteiger partial charge in [-0.3, -0.25) is 4.79 Å². The monoisotopic (exact) mass is 316 g/mol. The third kappa shape index (κ3) is 3.13. The molecular weight excluding hydrogens is 300 g/mol. The van der Waals surface area contributed by atoms with Crippen molar-refractivity contribution in [1.82, 2.24) is 9.88 Å². The lowest BCUT2D eigenvalue weighted by atomic mass is 10.0. The van der Waals surface area contributed by atoms with Crippen LogP contribution in [0, 0.1) is 0 Å². The first kappa shape index (κ1) is 15.0. The second-order valence-electron chi connectivity index (χ2n) is 5.40. The molecule has 0 bridgehead atoms. The van der Waals surface area contributed by atoms with Gasteiger partial charge < -0.3 is 9.64 Å². The minimum absolute atomic E-state index is 0.0178. The van der Waals surface area contributed by atoms with Gasteiger partial charge in [0.05, 0.1) is 24.3 Å². The Morgan fingerprint density at radius 3 is 2.73 bits per heavy atom. The maximum absolute atomic E-state index is 12.8. The number of hydrogen-bond acceptors (Lipinski definition) is 3. The van der Waals surface area contributed by atoms with E-state index in [1.807, 2.05) is 42.2 Å². The first-order chi connectivity index (χ1) is 10.6. The van der Waals surface area contributed by atoms with Gasteiger partial charge in [0.2, 0.25) is 0 Å². The van der Waals surface area contributed by atoms with Gasteiger partial charge in [-0.1, -0.05) is 41.9 Å². The Hall–Kier alpha value is -1.91. The van der Waals surface area contributed by atoms with Crippen molar-refractivity contribution >= 4 is 17.5 Å². The predicted octanol–water partition coefficient (Wildman–Crippen LogP) is 3.34. The van der Waals surface area contributed by atoms with Crippen LogP contribution in [0.4, 0.5) is 0 Å². The lowest BCUT2D eigenvalue weighted by molar-refractivity contribution is -0.0447. The van der Waals surface area contributed by atoms with Crippen LogP contribution in [0.15, 0.2) is 48.7 Å². The van der Waals surface area contributed by atoms with E-state index in [0.29, 0.717) is 23.9 Å². The Balaban J connectivity index is 1.90. The highest BCUT2D eigenvalue weighted by atomic mass is 35.5. The highest BCUT2D eigenvalue weighted by Crippen LogP contribution is 2.27. The summed E-state index contributed by atoms with van der Waals surface area (Å²) < 4.78 is 5.75. The molecule has 0 unspecified atom stereocenters. The molecular formula is C17H17ClN2O2. The number of pyridine rings is 1. The van der Waals surface area contributed by atoms with Crippen molar-refractivity contribution in [2.24, 2.45) is 0 Å². The van der Waals surface area contributed by atoms with Crippen LogP contribution >= 0.6 is 11.6 Å². The van der Waals surface area contributed by atoms with Crippen molar-refractivity contribution in [2.75, 3.05) is 13.2 Å². The summed E-state index contributed by atoms with van der Waals surface area (Å²) in [6.45, 7) is 3.03. The fourth-order valence-corrected chi connectivity index (χ4v) is 2.76. The molecule has 1 aromatic carbocycles. The number of benzene rings is 1. The van der Waals surface area contributed by atoms with Crippen molar-refractivity contribution in [3.8, 4) is 0 Å². The number of amides is 1. The molecule has 1 aromatic heterocycles. The number of ether oxygens (including phenoxy) is 1. The summed E-state index contributed by atoms with van der Waals surface area (Å²) in [6.07, 6.45) is 1.54. The van der Waals surface area contributed by atoms with Gasteiger partial charge in [0, 0.05) is 12.7 Å². The molecule has 114 valence electrons. The van der Waals surface area contributed by atoms with Gasteiger partial charge >= 0.3 is 0 Å². The normalized spacial score (nSPS) is 21.6. The molecule has 1 aliphatic rings. The Morgan fingerprint density at radius 1 is 1.27 bits per heavy atom. The fourth-order valence-electron chi connectivity index (χ4n) is 2.65. The van der Waals surface area contributed by atoms with Gasteiger partial charge in [-0.15, -0.1) is 0 Å². The smallest absolute Gasteiger partial charge is 0.256 e. The summed E-state index contributed by atoms with van der Waals surface area (Å²) in [4.78, 5) is 18.7. The molecule has 1 fully saturated rings. The minimum Gasteiger partial charge on any atom is -0.374 e. The fraction of sp³-hybridized carbons (Fsp3) is 0.294. The van der Waals surface area contributed by atoms with Crippen molar-refractivity contribution in [2.45, 2.75) is 19.1 Å².